The molecule has 1 aromatic carbocycles. The van der Waals surface area contributed by atoms with Gasteiger partial charge in [0.15, 0.2) is 11.5 Å². The molecule has 112 valence electrons. The molecule has 0 aliphatic carbocycles. The van der Waals surface area contributed by atoms with E-state index in [1.165, 1.54) is 0 Å². The first-order valence-electron chi connectivity index (χ1n) is 7.04. The van der Waals surface area contributed by atoms with Crippen LogP contribution in [0.25, 0.3) is 0 Å². The summed E-state index contributed by atoms with van der Waals surface area (Å²) in [5, 5.41) is 8.88. The molecule has 1 N–H and O–H groups in total. The molecule has 0 spiro atoms. The number of ether oxygens (including phenoxy) is 2. The fourth-order valence-electron chi connectivity index (χ4n) is 2.88. The number of benzene rings is 1. The van der Waals surface area contributed by atoms with Gasteiger partial charge in [0.1, 0.15) is 0 Å². The minimum absolute atomic E-state index is 0.0363. The van der Waals surface area contributed by atoms with Crippen LogP contribution in [0.3, 0.4) is 0 Å². The average Bonchev–Trinajstić information content (AvgIpc) is 2.93. The van der Waals surface area contributed by atoms with Gasteiger partial charge in [0, 0.05) is 25.1 Å². The quantitative estimate of drug-likeness (QED) is 0.918. The third-order valence-electron chi connectivity index (χ3n) is 3.89. The minimum atomic E-state index is -0.808. The number of likely N-dealkylation sites (tertiary alicyclic amines) is 1. The summed E-state index contributed by atoms with van der Waals surface area (Å²) in [4.78, 5) is 25.1. The van der Waals surface area contributed by atoms with E-state index in [0.29, 0.717) is 30.2 Å². The summed E-state index contributed by atoms with van der Waals surface area (Å²) < 4.78 is 10.5. The SMILES string of the molecule is O=C(O)CC1CCCN(C(=O)c2ccc3c(c2)OCO3)C1. The summed E-state index contributed by atoms with van der Waals surface area (Å²) in [6.07, 6.45) is 1.82. The van der Waals surface area contributed by atoms with Crippen molar-refractivity contribution >= 4 is 11.9 Å². The van der Waals surface area contributed by atoms with Gasteiger partial charge in [0.2, 0.25) is 6.79 Å². The maximum absolute atomic E-state index is 12.5. The van der Waals surface area contributed by atoms with E-state index in [1.54, 1.807) is 23.1 Å². The third-order valence-corrected chi connectivity index (χ3v) is 3.89. The van der Waals surface area contributed by atoms with Crippen LogP contribution < -0.4 is 9.47 Å². The molecular weight excluding hydrogens is 274 g/mol. The lowest BCUT2D eigenvalue weighted by atomic mass is 9.94. The van der Waals surface area contributed by atoms with Crippen molar-refractivity contribution in [2.45, 2.75) is 19.3 Å². The van der Waals surface area contributed by atoms with Crippen LogP contribution in [0.2, 0.25) is 0 Å². The van der Waals surface area contributed by atoms with Crippen LogP contribution in [0.4, 0.5) is 0 Å². The minimum Gasteiger partial charge on any atom is -0.481 e. The van der Waals surface area contributed by atoms with Gasteiger partial charge < -0.3 is 19.5 Å². The lowest BCUT2D eigenvalue weighted by Gasteiger charge is -2.32. The summed E-state index contributed by atoms with van der Waals surface area (Å²) in [6, 6.07) is 5.14. The molecule has 6 heteroatoms. The molecule has 1 fully saturated rings. The Bertz CT molecular complexity index is 571. The highest BCUT2D eigenvalue weighted by molar-refractivity contribution is 5.95. The van der Waals surface area contributed by atoms with Crippen LogP contribution in [-0.4, -0.2) is 41.8 Å². The zero-order chi connectivity index (χ0) is 14.8. The average molecular weight is 291 g/mol. The molecule has 0 aromatic heterocycles. The Balaban J connectivity index is 1.71. The van der Waals surface area contributed by atoms with Gasteiger partial charge in [-0.1, -0.05) is 0 Å². The van der Waals surface area contributed by atoms with Gasteiger partial charge in [-0.2, -0.15) is 0 Å². The number of amides is 1. The van der Waals surface area contributed by atoms with Crippen LogP contribution in [0.1, 0.15) is 29.6 Å². The number of hydrogen-bond acceptors (Lipinski definition) is 4. The number of rotatable bonds is 3. The highest BCUT2D eigenvalue weighted by Crippen LogP contribution is 2.33. The van der Waals surface area contributed by atoms with Gasteiger partial charge in [0.05, 0.1) is 0 Å². The molecule has 0 bridgehead atoms. The van der Waals surface area contributed by atoms with Crippen LogP contribution in [0, 0.1) is 5.92 Å². The van der Waals surface area contributed by atoms with E-state index in [9.17, 15) is 9.59 Å². The molecule has 6 nitrogen and oxygen atoms in total. The molecule has 0 radical (unpaired) electrons. The van der Waals surface area contributed by atoms with Crippen molar-refractivity contribution in [3.63, 3.8) is 0 Å². The van der Waals surface area contributed by atoms with Gasteiger partial charge in [-0.3, -0.25) is 9.59 Å². The number of carboxylic acid groups (broad SMARTS) is 1. The molecule has 2 heterocycles. The number of piperidine rings is 1. The predicted octanol–water partition coefficient (Wildman–Crippen LogP) is 1.74. The highest BCUT2D eigenvalue weighted by atomic mass is 16.7. The number of hydrogen-bond donors (Lipinski definition) is 1. The van der Waals surface area contributed by atoms with E-state index >= 15 is 0 Å². The smallest absolute Gasteiger partial charge is 0.303 e. The number of carbonyl (C=O) groups excluding carboxylic acids is 1. The second kappa shape index (κ2) is 5.63. The summed E-state index contributed by atoms with van der Waals surface area (Å²) in [7, 11) is 0. The van der Waals surface area contributed by atoms with Crippen molar-refractivity contribution in [3.05, 3.63) is 23.8 Å². The molecule has 1 aromatic rings. The van der Waals surface area contributed by atoms with Crippen molar-refractivity contribution < 1.29 is 24.2 Å². The largest absolute Gasteiger partial charge is 0.481 e. The van der Waals surface area contributed by atoms with E-state index in [1.807, 2.05) is 0 Å². The molecule has 21 heavy (non-hydrogen) atoms. The molecule has 3 rings (SSSR count). The van der Waals surface area contributed by atoms with Crippen LogP contribution in [0.5, 0.6) is 11.5 Å². The first kappa shape index (κ1) is 13.7. The molecule has 2 aliphatic heterocycles. The Labute approximate surface area is 122 Å². The lowest BCUT2D eigenvalue weighted by molar-refractivity contribution is -0.138. The Morgan fingerprint density at radius 2 is 2.10 bits per heavy atom. The van der Waals surface area contributed by atoms with E-state index in [-0.39, 0.29) is 25.0 Å². The Hall–Kier alpha value is -2.24. The number of carbonyl (C=O) groups is 2. The van der Waals surface area contributed by atoms with E-state index in [4.69, 9.17) is 14.6 Å². The predicted molar refractivity (Wildman–Crippen MR) is 73.4 cm³/mol. The standard InChI is InChI=1S/C15H17NO5/c17-14(18)6-10-2-1-5-16(8-10)15(19)11-3-4-12-13(7-11)21-9-20-12/h3-4,7,10H,1-2,5-6,8-9H2,(H,17,18). The fraction of sp³-hybridized carbons (Fsp3) is 0.467. The molecular formula is C15H17NO5. The van der Waals surface area contributed by atoms with Gasteiger partial charge >= 0.3 is 5.97 Å². The maximum Gasteiger partial charge on any atom is 0.303 e. The van der Waals surface area contributed by atoms with Crippen molar-refractivity contribution in [3.8, 4) is 11.5 Å². The first-order valence-corrected chi connectivity index (χ1v) is 7.04. The van der Waals surface area contributed by atoms with Gasteiger partial charge in [-0.25, -0.2) is 0 Å². The Morgan fingerprint density at radius 1 is 1.29 bits per heavy atom. The first-order chi connectivity index (χ1) is 10.1. The Morgan fingerprint density at radius 3 is 2.90 bits per heavy atom. The van der Waals surface area contributed by atoms with Gasteiger partial charge in [-0.15, -0.1) is 0 Å². The summed E-state index contributed by atoms with van der Waals surface area (Å²) in [5.74, 6) is 0.379. The number of fused-ring (bicyclic) bond motifs is 1. The molecule has 1 saturated heterocycles. The highest BCUT2D eigenvalue weighted by Gasteiger charge is 2.27. The topological polar surface area (TPSA) is 76.1 Å². The van der Waals surface area contributed by atoms with E-state index in [0.717, 1.165) is 12.8 Å². The van der Waals surface area contributed by atoms with Gasteiger partial charge in [-0.05, 0) is 37.0 Å². The van der Waals surface area contributed by atoms with Crippen molar-refractivity contribution in [1.82, 2.24) is 4.90 Å². The molecule has 1 amide bonds. The van der Waals surface area contributed by atoms with Crippen molar-refractivity contribution in [1.29, 1.82) is 0 Å². The fourth-order valence-corrected chi connectivity index (χ4v) is 2.88. The number of carboxylic acids is 1. The van der Waals surface area contributed by atoms with Crippen LogP contribution in [0.15, 0.2) is 18.2 Å². The molecule has 1 unspecified atom stereocenters. The second-order valence-corrected chi connectivity index (χ2v) is 5.43. The molecule has 1 atom stereocenters. The van der Waals surface area contributed by atoms with Crippen LogP contribution in [-0.2, 0) is 4.79 Å². The molecule has 0 saturated carbocycles. The van der Waals surface area contributed by atoms with Crippen molar-refractivity contribution in [2.24, 2.45) is 5.92 Å². The Kier molecular flexibility index (Phi) is 3.68. The van der Waals surface area contributed by atoms with Gasteiger partial charge in [0.25, 0.3) is 5.91 Å². The van der Waals surface area contributed by atoms with E-state index < -0.39 is 5.97 Å². The molecule has 2 aliphatic rings. The lowest BCUT2D eigenvalue weighted by Crippen LogP contribution is -2.40. The monoisotopic (exact) mass is 291 g/mol. The summed E-state index contributed by atoms with van der Waals surface area (Å²) in [6.45, 7) is 1.35. The number of nitrogens with zero attached hydrogens (tertiary/aromatic N) is 1. The van der Waals surface area contributed by atoms with Crippen LogP contribution >= 0.6 is 0 Å². The normalized spacial score (nSPS) is 20.4. The zero-order valence-corrected chi connectivity index (χ0v) is 11.6. The zero-order valence-electron chi connectivity index (χ0n) is 11.6. The summed E-state index contributed by atoms with van der Waals surface area (Å²) >= 11 is 0. The number of aliphatic carboxylic acids is 1. The van der Waals surface area contributed by atoms with E-state index in [2.05, 4.69) is 0 Å². The third kappa shape index (κ3) is 2.94. The second-order valence-electron chi connectivity index (χ2n) is 5.43. The van der Waals surface area contributed by atoms with Crippen molar-refractivity contribution in [2.75, 3.05) is 19.9 Å². The maximum atomic E-state index is 12.5. The summed E-state index contributed by atoms with van der Waals surface area (Å²) in [5.41, 5.74) is 0.551.